The predicted octanol–water partition coefficient (Wildman–Crippen LogP) is 3.49. The van der Waals surface area contributed by atoms with Crippen molar-refractivity contribution in [2.75, 3.05) is 23.7 Å². The molecule has 132 valence electrons. The minimum Gasteiger partial charge on any atom is -0.376 e. The number of rotatable bonds is 7. The third-order valence-corrected chi connectivity index (χ3v) is 3.86. The van der Waals surface area contributed by atoms with Crippen molar-refractivity contribution in [2.24, 2.45) is 0 Å². The van der Waals surface area contributed by atoms with Crippen LogP contribution in [0.4, 0.5) is 11.4 Å². The zero-order chi connectivity index (χ0) is 18.2. The Morgan fingerprint density at radius 1 is 1.00 bits per heavy atom. The van der Waals surface area contributed by atoms with E-state index in [2.05, 4.69) is 16.0 Å². The van der Waals surface area contributed by atoms with Crippen LogP contribution >= 0.6 is 0 Å². The van der Waals surface area contributed by atoms with Gasteiger partial charge in [-0.15, -0.1) is 0 Å². The highest BCUT2D eigenvalue weighted by Crippen LogP contribution is 2.19. The summed E-state index contributed by atoms with van der Waals surface area (Å²) in [5, 5.41) is 8.84. The van der Waals surface area contributed by atoms with Crippen molar-refractivity contribution in [3.05, 3.63) is 59.2 Å². The molecule has 2 amide bonds. The SMILES string of the molecule is CCCNC(=O)c1cccc(NCC(=O)Nc2c(C)cccc2C)c1. The van der Waals surface area contributed by atoms with E-state index in [9.17, 15) is 9.59 Å². The highest BCUT2D eigenvalue weighted by molar-refractivity contribution is 5.96. The van der Waals surface area contributed by atoms with Crippen LogP contribution in [-0.4, -0.2) is 24.9 Å². The van der Waals surface area contributed by atoms with Gasteiger partial charge in [0.15, 0.2) is 0 Å². The molecule has 25 heavy (non-hydrogen) atoms. The van der Waals surface area contributed by atoms with Crippen LogP contribution in [-0.2, 0) is 4.79 Å². The Bertz CT molecular complexity index is 736. The van der Waals surface area contributed by atoms with Crippen LogP contribution in [0.3, 0.4) is 0 Å². The number of aryl methyl sites for hydroxylation is 2. The summed E-state index contributed by atoms with van der Waals surface area (Å²) in [5.74, 6) is -0.233. The summed E-state index contributed by atoms with van der Waals surface area (Å²) in [4.78, 5) is 24.2. The maximum Gasteiger partial charge on any atom is 0.251 e. The van der Waals surface area contributed by atoms with Gasteiger partial charge in [-0.2, -0.15) is 0 Å². The molecule has 3 N–H and O–H groups in total. The van der Waals surface area contributed by atoms with Crippen molar-refractivity contribution < 1.29 is 9.59 Å². The summed E-state index contributed by atoms with van der Waals surface area (Å²) in [7, 11) is 0. The van der Waals surface area contributed by atoms with E-state index in [0.717, 1.165) is 28.9 Å². The Hall–Kier alpha value is -2.82. The molecule has 0 saturated heterocycles. The molecule has 0 saturated carbocycles. The molecule has 0 heterocycles. The number of nitrogens with one attached hydrogen (secondary N) is 3. The Morgan fingerprint density at radius 2 is 1.68 bits per heavy atom. The summed E-state index contributed by atoms with van der Waals surface area (Å²) >= 11 is 0. The van der Waals surface area contributed by atoms with Gasteiger partial charge in [0.25, 0.3) is 5.91 Å². The number of amides is 2. The lowest BCUT2D eigenvalue weighted by Crippen LogP contribution is -2.24. The van der Waals surface area contributed by atoms with Crippen molar-refractivity contribution in [1.82, 2.24) is 5.32 Å². The number of anilines is 2. The maximum absolute atomic E-state index is 12.2. The van der Waals surface area contributed by atoms with E-state index in [1.54, 1.807) is 18.2 Å². The molecule has 0 aromatic heterocycles. The van der Waals surface area contributed by atoms with Crippen molar-refractivity contribution in [3.8, 4) is 0 Å². The highest BCUT2D eigenvalue weighted by Gasteiger charge is 2.08. The fraction of sp³-hybridized carbons (Fsp3) is 0.300. The minimum atomic E-state index is -0.127. The average Bonchev–Trinajstić information content (AvgIpc) is 2.61. The van der Waals surface area contributed by atoms with E-state index in [1.807, 2.05) is 45.0 Å². The van der Waals surface area contributed by atoms with Gasteiger partial charge < -0.3 is 16.0 Å². The molecule has 2 aromatic rings. The summed E-state index contributed by atoms with van der Waals surface area (Å²) in [6, 6.07) is 13.0. The number of hydrogen-bond acceptors (Lipinski definition) is 3. The zero-order valence-electron chi connectivity index (χ0n) is 15.0. The molecule has 0 fully saturated rings. The summed E-state index contributed by atoms with van der Waals surface area (Å²) < 4.78 is 0. The van der Waals surface area contributed by atoms with Gasteiger partial charge in [0.05, 0.1) is 6.54 Å². The van der Waals surface area contributed by atoms with E-state index >= 15 is 0 Å². The van der Waals surface area contributed by atoms with Gasteiger partial charge in [0.1, 0.15) is 0 Å². The lowest BCUT2D eigenvalue weighted by Gasteiger charge is -2.13. The molecular weight excluding hydrogens is 314 g/mol. The minimum absolute atomic E-state index is 0.106. The first kappa shape index (κ1) is 18.5. The lowest BCUT2D eigenvalue weighted by molar-refractivity contribution is -0.114. The summed E-state index contributed by atoms with van der Waals surface area (Å²) in [6.45, 7) is 6.72. The molecule has 5 nitrogen and oxygen atoms in total. The zero-order valence-corrected chi connectivity index (χ0v) is 15.0. The predicted molar refractivity (Wildman–Crippen MR) is 102 cm³/mol. The molecule has 0 spiro atoms. The van der Waals surface area contributed by atoms with Crippen LogP contribution in [0.15, 0.2) is 42.5 Å². The third-order valence-electron chi connectivity index (χ3n) is 3.86. The van der Waals surface area contributed by atoms with Crippen LogP contribution in [0, 0.1) is 13.8 Å². The number of hydrogen-bond donors (Lipinski definition) is 3. The average molecular weight is 339 g/mol. The van der Waals surface area contributed by atoms with Gasteiger partial charge in [-0.3, -0.25) is 9.59 Å². The first-order chi connectivity index (χ1) is 12.0. The third kappa shape index (κ3) is 5.35. The van der Waals surface area contributed by atoms with E-state index in [-0.39, 0.29) is 18.4 Å². The van der Waals surface area contributed by atoms with Crippen molar-refractivity contribution in [2.45, 2.75) is 27.2 Å². The fourth-order valence-electron chi connectivity index (χ4n) is 2.49. The number of carbonyl (C=O) groups excluding carboxylic acids is 2. The van der Waals surface area contributed by atoms with Gasteiger partial charge in [-0.25, -0.2) is 0 Å². The molecule has 0 bridgehead atoms. The van der Waals surface area contributed by atoms with Crippen molar-refractivity contribution >= 4 is 23.2 Å². The molecule has 0 aliphatic heterocycles. The molecule has 0 radical (unpaired) electrons. The smallest absolute Gasteiger partial charge is 0.251 e. The molecular formula is C20H25N3O2. The quantitative estimate of drug-likeness (QED) is 0.723. The largest absolute Gasteiger partial charge is 0.376 e. The Labute approximate surface area is 148 Å². The van der Waals surface area contributed by atoms with Gasteiger partial charge in [-0.1, -0.05) is 31.2 Å². The molecule has 5 heteroatoms. The Balaban J connectivity index is 1.95. The normalized spacial score (nSPS) is 10.2. The second-order valence-corrected chi connectivity index (χ2v) is 6.01. The number of benzene rings is 2. The monoisotopic (exact) mass is 339 g/mol. The van der Waals surface area contributed by atoms with Crippen molar-refractivity contribution in [3.63, 3.8) is 0 Å². The second-order valence-electron chi connectivity index (χ2n) is 6.01. The van der Waals surface area contributed by atoms with Gasteiger partial charge >= 0.3 is 0 Å². The standard InChI is InChI=1S/C20H25N3O2/c1-4-11-21-20(25)16-9-6-10-17(12-16)22-13-18(24)23-19-14(2)7-5-8-15(19)3/h5-10,12,22H,4,11,13H2,1-3H3,(H,21,25)(H,23,24). The van der Waals surface area contributed by atoms with Crippen molar-refractivity contribution in [1.29, 1.82) is 0 Å². The number of para-hydroxylation sites is 1. The van der Waals surface area contributed by atoms with E-state index in [4.69, 9.17) is 0 Å². The molecule has 0 atom stereocenters. The maximum atomic E-state index is 12.2. The van der Waals surface area contributed by atoms with Crippen LogP contribution in [0.25, 0.3) is 0 Å². The van der Waals surface area contributed by atoms with Gasteiger partial charge in [-0.05, 0) is 49.6 Å². The van der Waals surface area contributed by atoms with Crippen LogP contribution in [0.5, 0.6) is 0 Å². The van der Waals surface area contributed by atoms with E-state index in [1.165, 1.54) is 0 Å². The van der Waals surface area contributed by atoms with Crippen LogP contribution in [0.2, 0.25) is 0 Å². The Kier molecular flexibility index (Phi) is 6.57. The summed E-state index contributed by atoms with van der Waals surface area (Å²) in [6.07, 6.45) is 0.891. The fourth-order valence-corrected chi connectivity index (χ4v) is 2.49. The Morgan fingerprint density at radius 3 is 2.36 bits per heavy atom. The molecule has 2 aromatic carbocycles. The topological polar surface area (TPSA) is 70.2 Å². The number of carbonyl (C=O) groups is 2. The molecule has 2 rings (SSSR count). The van der Waals surface area contributed by atoms with Gasteiger partial charge in [0, 0.05) is 23.5 Å². The summed E-state index contributed by atoms with van der Waals surface area (Å²) in [5.41, 5.74) is 4.22. The molecule has 0 aliphatic rings. The van der Waals surface area contributed by atoms with Crippen LogP contribution < -0.4 is 16.0 Å². The molecule has 0 aliphatic carbocycles. The first-order valence-corrected chi connectivity index (χ1v) is 8.49. The highest BCUT2D eigenvalue weighted by atomic mass is 16.2. The lowest BCUT2D eigenvalue weighted by atomic mass is 10.1. The molecule has 0 unspecified atom stereocenters. The van der Waals surface area contributed by atoms with E-state index in [0.29, 0.717) is 12.1 Å². The second kappa shape index (κ2) is 8.87. The first-order valence-electron chi connectivity index (χ1n) is 8.49. The van der Waals surface area contributed by atoms with Gasteiger partial charge in [0.2, 0.25) is 5.91 Å². The van der Waals surface area contributed by atoms with Crippen LogP contribution in [0.1, 0.15) is 34.8 Å². The van der Waals surface area contributed by atoms with E-state index < -0.39 is 0 Å².